The summed E-state index contributed by atoms with van der Waals surface area (Å²) in [5.74, 6) is -0.419. The van der Waals surface area contributed by atoms with Crippen molar-refractivity contribution in [1.82, 2.24) is 4.98 Å². The Morgan fingerprint density at radius 3 is 2.81 bits per heavy atom. The van der Waals surface area contributed by atoms with Gasteiger partial charge in [-0.2, -0.15) is 0 Å². The van der Waals surface area contributed by atoms with Gasteiger partial charge in [0.2, 0.25) is 0 Å². The van der Waals surface area contributed by atoms with E-state index < -0.39 is 0 Å². The number of hydrogen-bond acceptors (Lipinski definition) is 3. The Kier molecular flexibility index (Phi) is 3.16. The van der Waals surface area contributed by atoms with Gasteiger partial charge in [-0.05, 0) is 28.1 Å². The van der Waals surface area contributed by atoms with E-state index in [0.717, 1.165) is 0 Å². The molecule has 16 heavy (non-hydrogen) atoms. The predicted molar refractivity (Wildman–Crippen MR) is 65.2 cm³/mol. The topological polar surface area (TPSA) is 30.0 Å². The van der Waals surface area contributed by atoms with Crippen molar-refractivity contribution in [2.45, 2.75) is 6.92 Å². The zero-order valence-electron chi connectivity index (χ0n) is 8.33. The highest BCUT2D eigenvalue weighted by Crippen LogP contribution is 2.27. The van der Waals surface area contributed by atoms with Crippen LogP contribution >= 0.6 is 27.3 Å². The van der Waals surface area contributed by atoms with E-state index in [1.54, 1.807) is 17.5 Å². The maximum absolute atomic E-state index is 13.3. The molecule has 0 aliphatic rings. The lowest BCUT2D eigenvalue weighted by atomic mass is 10.2. The second-order valence-electron chi connectivity index (χ2n) is 3.22. The predicted octanol–water partition coefficient (Wildman–Crippen LogP) is 3.91. The molecule has 0 aliphatic heterocycles. The second kappa shape index (κ2) is 4.43. The standard InChI is InChI=1S/C11H7BrFNOS/c1-6(15)10-5-16-11(14-10)7-2-3-8(12)9(13)4-7/h2-5H,1H3. The molecule has 5 heteroatoms. The molecule has 0 saturated carbocycles. The van der Waals surface area contributed by atoms with E-state index in [0.29, 0.717) is 20.7 Å². The molecule has 82 valence electrons. The molecule has 2 nitrogen and oxygen atoms in total. The van der Waals surface area contributed by atoms with Crippen molar-refractivity contribution in [3.63, 3.8) is 0 Å². The third-order valence-corrected chi connectivity index (χ3v) is 3.57. The van der Waals surface area contributed by atoms with Crippen LogP contribution in [0.2, 0.25) is 0 Å². The molecule has 0 saturated heterocycles. The van der Waals surface area contributed by atoms with E-state index in [2.05, 4.69) is 20.9 Å². The minimum Gasteiger partial charge on any atom is -0.293 e. The molecule has 0 aliphatic carbocycles. The van der Waals surface area contributed by atoms with Gasteiger partial charge in [-0.25, -0.2) is 9.37 Å². The number of aromatic nitrogens is 1. The number of Topliss-reactive ketones (excluding diaryl/α,β-unsaturated/α-hetero) is 1. The van der Waals surface area contributed by atoms with Crippen LogP contribution in [-0.4, -0.2) is 10.8 Å². The largest absolute Gasteiger partial charge is 0.293 e. The molecule has 0 fully saturated rings. The number of carbonyl (C=O) groups excluding carboxylic acids is 1. The summed E-state index contributed by atoms with van der Waals surface area (Å²) in [4.78, 5) is 15.2. The maximum Gasteiger partial charge on any atom is 0.178 e. The molecule has 0 unspecified atom stereocenters. The van der Waals surface area contributed by atoms with Crippen molar-refractivity contribution in [2.75, 3.05) is 0 Å². The molecule has 0 radical (unpaired) electrons. The fourth-order valence-corrected chi connectivity index (χ4v) is 2.30. The lowest BCUT2D eigenvalue weighted by Gasteiger charge is -1.98. The van der Waals surface area contributed by atoms with E-state index in [9.17, 15) is 9.18 Å². The van der Waals surface area contributed by atoms with Gasteiger partial charge in [-0.15, -0.1) is 11.3 Å². The molecule has 1 aromatic carbocycles. The quantitative estimate of drug-likeness (QED) is 0.787. The first kappa shape index (κ1) is 11.4. The zero-order valence-corrected chi connectivity index (χ0v) is 10.7. The Morgan fingerprint density at radius 2 is 2.25 bits per heavy atom. The molecular weight excluding hydrogens is 293 g/mol. The van der Waals surface area contributed by atoms with Gasteiger partial charge in [0.25, 0.3) is 0 Å². The van der Waals surface area contributed by atoms with Crippen molar-refractivity contribution in [3.8, 4) is 10.6 Å². The number of carbonyl (C=O) groups is 1. The van der Waals surface area contributed by atoms with Crippen LogP contribution in [0.4, 0.5) is 4.39 Å². The third kappa shape index (κ3) is 2.20. The number of benzene rings is 1. The summed E-state index contributed by atoms with van der Waals surface area (Å²) in [5, 5.41) is 2.33. The normalized spacial score (nSPS) is 10.4. The number of nitrogens with zero attached hydrogens (tertiary/aromatic N) is 1. The van der Waals surface area contributed by atoms with Gasteiger partial charge in [0.05, 0.1) is 4.47 Å². The van der Waals surface area contributed by atoms with Crippen LogP contribution in [-0.2, 0) is 0 Å². The molecule has 2 rings (SSSR count). The van der Waals surface area contributed by atoms with E-state index in [4.69, 9.17) is 0 Å². The summed E-state index contributed by atoms with van der Waals surface area (Å²) in [6, 6.07) is 4.78. The van der Waals surface area contributed by atoms with Gasteiger partial charge >= 0.3 is 0 Å². The Balaban J connectivity index is 2.42. The number of halogens is 2. The first-order chi connectivity index (χ1) is 7.58. The summed E-state index contributed by atoms with van der Waals surface area (Å²) in [6.45, 7) is 1.46. The van der Waals surface area contributed by atoms with Gasteiger partial charge in [-0.3, -0.25) is 4.79 Å². The van der Waals surface area contributed by atoms with Crippen molar-refractivity contribution >= 4 is 33.0 Å². The molecule has 0 atom stereocenters. The highest BCUT2D eigenvalue weighted by Gasteiger charge is 2.09. The van der Waals surface area contributed by atoms with Crippen LogP contribution in [0.1, 0.15) is 17.4 Å². The van der Waals surface area contributed by atoms with Crippen LogP contribution in [0.25, 0.3) is 10.6 Å². The minimum absolute atomic E-state index is 0.0833. The third-order valence-electron chi connectivity index (χ3n) is 2.03. The summed E-state index contributed by atoms with van der Waals surface area (Å²) in [6.07, 6.45) is 0. The van der Waals surface area contributed by atoms with Gasteiger partial charge in [0, 0.05) is 17.9 Å². The van der Waals surface area contributed by atoms with E-state index in [1.165, 1.54) is 24.3 Å². The van der Waals surface area contributed by atoms with E-state index >= 15 is 0 Å². The molecule has 0 N–H and O–H groups in total. The maximum atomic E-state index is 13.3. The van der Waals surface area contributed by atoms with Crippen LogP contribution in [0, 0.1) is 5.82 Å². The SMILES string of the molecule is CC(=O)c1csc(-c2ccc(Br)c(F)c2)n1. The number of ketones is 1. The second-order valence-corrected chi connectivity index (χ2v) is 4.94. The summed E-state index contributed by atoms with van der Waals surface area (Å²) >= 11 is 4.42. The average Bonchev–Trinajstić information content (AvgIpc) is 2.71. The Labute approximate surface area is 104 Å². The molecule has 0 amide bonds. The summed E-state index contributed by atoms with van der Waals surface area (Å²) < 4.78 is 13.7. The lowest BCUT2D eigenvalue weighted by molar-refractivity contribution is 0.101. The van der Waals surface area contributed by atoms with Crippen molar-refractivity contribution < 1.29 is 9.18 Å². The average molecular weight is 300 g/mol. The van der Waals surface area contributed by atoms with Gasteiger partial charge in [-0.1, -0.05) is 6.07 Å². The highest BCUT2D eigenvalue weighted by atomic mass is 79.9. The number of thiazole rings is 1. The highest BCUT2D eigenvalue weighted by molar-refractivity contribution is 9.10. The van der Waals surface area contributed by atoms with Crippen molar-refractivity contribution in [1.29, 1.82) is 0 Å². The molecule has 0 spiro atoms. The fraction of sp³-hybridized carbons (Fsp3) is 0.0909. The van der Waals surface area contributed by atoms with Crippen LogP contribution < -0.4 is 0 Å². The first-order valence-electron chi connectivity index (χ1n) is 4.50. The summed E-state index contributed by atoms with van der Waals surface area (Å²) in [7, 11) is 0. The molecule has 1 aromatic heterocycles. The first-order valence-corrected chi connectivity index (χ1v) is 6.17. The van der Waals surface area contributed by atoms with Crippen LogP contribution in [0.5, 0.6) is 0 Å². The lowest BCUT2D eigenvalue weighted by Crippen LogP contribution is -1.91. The van der Waals surface area contributed by atoms with Crippen molar-refractivity contribution in [2.24, 2.45) is 0 Å². The zero-order chi connectivity index (χ0) is 11.7. The van der Waals surface area contributed by atoms with E-state index in [1.807, 2.05) is 0 Å². The Morgan fingerprint density at radius 1 is 1.50 bits per heavy atom. The minimum atomic E-state index is -0.336. The fourth-order valence-electron chi connectivity index (χ4n) is 1.20. The molecule has 1 heterocycles. The molecular formula is C11H7BrFNOS. The van der Waals surface area contributed by atoms with E-state index in [-0.39, 0.29) is 11.6 Å². The smallest absolute Gasteiger partial charge is 0.178 e. The molecule has 2 aromatic rings. The Hall–Kier alpha value is -1.07. The summed E-state index contributed by atoms with van der Waals surface area (Å²) in [5.41, 5.74) is 1.10. The van der Waals surface area contributed by atoms with Crippen LogP contribution in [0.15, 0.2) is 28.1 Å². The van der Waals surface area contributed by atoms with Crippen LogP contribution in [0.3, 0.4) is 0 Å². The van der Waals surface area contributed by atoms with Gasteiger partial charge in [0.1, 0.15) is 16.5 Å². The van der Waals surface area contributed by atoms with Crippen molar-refractivity contribution in [3.05, 3.63) is 39.6 Å². The number of rotatable bonds is 2. The van der Waals surface area contributed by atoms with Gasteiger partial charge < -0.3 is 0 Å². The van der Waals surface area contributed by atoms with Gasteiger partial charge in [0.15, 0.2) is 5.78 Å². The molecule has 0 bridgehead atoms. The Bertz CT molecular complexity index is 553. The number of hydrogen-bond donors (Lipinski definition) is 0. The monoisotopic (exact) mass is 299 g/mol.